The van der Waals surface area contributed by atoms with Gasteiger partial charge in [0.1, 0.15) is 5.82 Å². The zero-order chi connectivity index (χ0) is 11.4. The van der Waals surface area contributed by atoms with E-state index < -0.39 is 0 Å². The van der Waals surface area contributed by atoms with Crippen molar-refractivity contribution < 1.29 is 4.74 Å². The molecule has 0 aliphatic carbocycles. The van der Waals surface area contributed by atoms with Gasteiger partial charge in [0.2, 0.25) is 0 Å². The summed E-state index contributed by atoms with van der Waals surface area (Å²) in [5.41, 5.74) is 0. The van der Waals surface area contributed by atoms with Crippen molar-refractivity contribution in [3.05, 3.63) is 18.2 Å². The van der Waals surface area contributed by atoms with Gasteiger partial charge in [0.25, 0.3) is 0 Å². The molecule has 1 fully saturated rings. The van der Waals surface area contributed by atoms with E-state index in [1.807, 2.05) is 19.4 Å². The first-order chi connectivity index (χ1) is 7.85. The molecular formula is C12H21N3O. The molecule has 16 heavy (non-hydrogen) atoms. The van der Waals surface area contributed by atoms with Crippen molar-refractivity contribution in [2.45, 2.75) is 44.9 Å². The monoisotopic (exact) mass is 223 g/mol. The van der Waals surface area contributed by atoms with E-state index in [0.29, 0.717) is 12.1 Å². The minimum atomic E-state index is 0.354. The molecule has 0 amide bonds. The van der Waals surface area contributed by atoms with Crippen LogP contribution in [0.1, 0.15) is 25.6 Å². The van der Waals surface area contributed by atoms with Crippen LogP contribution in [0, 0.1) is 0 Å². The fraction of sp³-hybridized carbons (Fsp3) is 0.750. The van der Waals surface area contributed by atoms with Crippen LogP contribution in [-0.2, 0) is 17.7 Å². The minimum absolute atomic E-state index is 0.354. The standard InChI is InChI=1S/C12H21N3O/c1-3-15-7-6-14-12(15)9-10(13-2)11-5-4-8-16-11/h6-7,10-11,13H,3-5,8-9H2,1-2H3. The van der Waals surface area contributed by atoms with Crippen LogP contribution in [0.15, 0.2) is 12.4 Å². The third-order valence-corrected chi connectivity index (χ3v) is 3.33. The fourth-order valence-electron chi connectivity index (χ4n) is 2.35. The Morgan fingerprint density at radius 1 is 1.69 bits per heavy atom. The highest BCUT2D eigenvalue weighted by atomic mass is 16.5. The lowest BCUT2D eigenvalue weighted by Crippen LogP contribution is -2.39. The van der Waals surface area contributed by atoms with Crippen molar-refractivity contribution in [3.8, 4) is 0 Å². The smallest absolute Gasteiger partial charge is 0.110 e. The van der Waals surface area contributed by atoms with Crippen LogP contribution in [-0.4, -0.2) is 35.4 Å². The van der Waals surface area contributed by atoms with E-state index in [4.69, 9.17) is 4.74 Å². The maximum Gasteiger partial charge on any atom is 0.110 e. The minimum Gasteiger partial charge on any atom is -0.377 e. The molecule has 4 heteroatoms. The van der Waals surface area contributed by atoms with Crippen molar-refractivity contribution in [1.82, 2.24) is 14.9 Å². The predicted octanol–water partition coefficient (Wildman–Crippen LogP) is 1.21. The van der Waals surface area contributed by atoms with Crippen molar-refractivity contribution in [2.24, 2.45) is 0 Å². The molecule has 90 valence electrons. The molecule has 0 radical (unpaired) electrons. The average Bonchev–Trinajstić information content (AvgIpc) is 2.96. The van der Waals surface area contributed by atoms with Crippen LogP contribution in [0.3, 0.4) is 0 Å². The molecule has 1 saturated heterocycles. The Kier molecular flexibility index (Phi) is 3.96. The third-order valence-electron chi connectivity index (χ3n) is 3.33. The Morgan fingerprint density at radius 2 is 2.56 bits per heavy atom. The normalized spacial score (nSPS) is 22.5. The summed E-state index contributed by atoms with van der Waals surface area (Å²) in [7, 11) is 2.01. The molecule has 0 bridgehead atoms. The second kappa shape index (κ2) is 5.46. The number of hydrogen-bond donors (Lipinski definition) is 1. The maximum absolute atomic E-state index is 5.73. The van der Waals surface area contributed by atoms with Gasteiger partial charge < -0.3 is 14.6 Å². The number of aromatic nitrogens is 2. The molecule has 2 unspecified atom stereocenters. The lowest BCUT2D eigenvalue weighted by atomic mass is 10.0. The van der Waals surface area contributed by atoms with Crippen molar-refractivity contribution in [3.63, 3.8) is 0 Å². The molecule has 2 heterocycles. The van der Waals surface area contributed by atoms with Gasteiger partial charge in [-0.25, -0.2) is 4.98 Å². The quantitative estimate of drug-likeness (QED) is 0.815. The summed E-state index contributed by atoms with van der Waals surface area (Å²) in [5.74, 6) is 1.15. The highest BCUT2D eigenvalue weighted by Crippen LogP contribution is 2.18. The Labute approximate surface area is 97.0 Å². The van der Waals surface area contributed by atoms with Gasteiger partial charge >= 0.3 is 0 Å². The second-order valence-electron chi connectivity index (χ2n) is 4.28. The number of nitrogens with zero attached hydrogens (tertiary/aromatic N) is 2. The lowest BCUT2D eigenvalue weighted by Gasteiger charge is -2.22. The fourth-order valence-corrected chi connectivity index (χ4v) is 2.35. The Bertz CT molecular complexity index is 318. The summed E-state index contributed by atoms with van der Waals surface area (Å²) in [6, 6.07) is 0.384. The van der Waals surface area contributed by atoms with E-state index >= 15 is 0 Å². The van der Waals surface area contributed by atoms with Gasteiger partial charge in [-0.3, -0.25) is 0 Å². The number of rotatable bonds is 5. The highest BCUT2D eigenvalue weighted by molar-refractivity contribution is 4.97. The maximum atomic E-state index is 5.73. The van der Waals surface area contributed by atoms with Crippen LogP contribution >= 0.6 is 0 Å². The molecule has 1 N–H and O–H groups in total. The van der Waals surface area contributed by atoms with E-state index in [1.165, 1.54) is 12.8 Å². The zero-order valence-electron chi connectivity index (χ0n) is 10.1. The summed E-state index contributed by atoms with van der Waals surface area (Å²) in [5, 5.41) is 3.36. The van der Waals surface area contributed by atoms with E-state index in [1.54, 1.807) is 0 Å². The first-order valence-electron chi connectivity index (χ1n) is 6.14. The Hall–Kier alpha value is -0.870. The SMILES string of the molecule is CCn1ccnc1CC(NC)C1CCCO1. The number of nitrogens with one attached hydrogen (secondary N) is 1. The number of imidazole rings is 1. The van der Waals surface area contributed by atoms with E-state index in [2.05, 4.69) is 21.8 Å². The molecule has 4 nitrogen and oxygen atoms in total. The molecule has 1 aromatic rings. The van der Waals surface area contributed by atoms with Crippen LogP contribution in [0.2, 0.25) is 0 Å². The summed E-state index contributed by atoms with van der Waals surface area (Å²) >= 11 is 0. The van der Waals surface area contributed by atoms with Crippen LogP contribution < -0.4 is 5.32 Å². The predicted molar refractivity (Wildman–Crippen MR) is 63.4 cm³/mol. The average molecular weight is 223 g/mol. The van der Waals surface area contributed by atoms with Crippen molar-refractivity contribution in [1.29, 1.82) is 0 Å². The molecule has 1 aliphatic heterocycles. The largest absolute Gasteiger partial charge is 0.377 e. The molecule has 2 atom stereocenters. The molecule has 1 aliphatic rings. The molecule has 0 saturated carbocycles. The van der Waals surface area contributed by atoms with Gasteiger partial charge in [0.05, 0.1) is 6.10 Å². The molecule has 0 aromatic carbocycles. The summed E-state index contributed by atoms with van der Waals surface area (Å²) in [4.78, 5) is 4.41. The van der Waals surface area contributed by atoms with E-state index in [9.17, 15) is 0 Å². The first-order valence-corrected chi connectivity index (χ1v) is 6.14. The van der Waals surface area contributed by atoms with Gasteiger partial charge in [-0.15, -0.1) is 0 Å². The summed E-state index contributed by atoms with van der Waals surface area (Å²) < 4.78 is 7.92. The van der Waals surface area contributed by atoms with Crippen LogP contribution in [0.4, 0.5) is 0 Å². The lowest BCUT2D eigenvalue weighted by molar-refractivity contribution is 0.0800. The van der Waals surface area contributed by atoms with Gasteiger partial charge in [0.15, 0.2) is 0 Å². The van der Waals surface area contributed by atoms with E-state index in [0.717, 1.165) is 25.4 Å². The van der Waals surface area contributed by atoms with E-state index in [-0.39, 0.29) is 0 Å². The molecule has 1 aromatic heterocycles. The number of likely N-dealkylation sites (N-methyl/N-ethyl adjacent to an activating group) is 1. The molecule has 0 spiro atoms. The number of ether oxygens (including phenoxy) is 1. The van der Waals surface area contributed by atoms with Crippen LogP contribution in [0.25, 0.3) is 0 Å². The first kappa shape index (κ1) is 11.6. The zero-order valence-corrected chi connectivity index (χ0v) is 10.1. The molecule has 2 rings (SSSR count). The topological polar surface area (TPSA) is 39.1 Å². The van der Waals surface area contributed by atoms with Crippen molar-refractivity contribution in [2.75, 3.05) is 13.7 Å². The third kappa shape index (κ3) is 2.44. The second-order valence-corrected chi connectivity index (χ2v) is 4.28. The van der Waals surface area contributed by atoms with Gasteiger partial charge in [-0.2, -0.15) is 0 Å². The molecular weight excluding hydrogens is 202 g/mol. The summed E-state index contributed by atoms with van der Waals surface area (Å²) in [6.45, 7) is 4.04. The highest BCUT2D eigenvalue weighted by Gasteiger charge is 2.25. The summed E-state index contributed by atoms with van der Waals surface area (Å²) in [6.07, 6.45) is 7.57. The number of aryl methyl sites for hydroxylation is 1. The van der Waals surface area contributed by atoms with Crippen molar-refractivity contribution >= 4 is 0 Å². The van der Waals surface area contributed by atoms with Gasteiger partial charge in [0, 0.05) is 38.0 Å². The Balaban J connectivity index is 2.00. The number of hydrogen-bond acceptors (Lipinski definition) is 3. The van der Waals surface area contributed by atoms with Gasteiger partial charge in [-0.1, -0.05) is 0 Å². The van der Waals surface area contributed by atoms with Crippen LogP contribution in [0.5, 0.6) is 0 Å². The van der Waals surface area contributed by atoms with Gasteiger partial charge in [-0.05, 0) is 26.8 Å². The Morgan fingerprint density at radius 3 is 3.19 bits per heavy atom.